The van der Waals surface area contributed by atoms with Gasteiger partial charge >= 0.3 is 0 Å². The van der Waals surface area contributed by atoms with Gasteiger partial charge in [-0.15, -0.1) is 0 Å². The Balaban J connectivity index is 1.79. The number of para-hydroxylation sites is 1. The lowest BCUT2D eigenvalue weighted by Gasteiger charge is -2.15. The van der Waals surface area contributed by atoms with Gasteiger partial charge in [0.05, 0.1) is 11.0 Å². The summed E-state index contributed by atoms with van der Waals surface area (Å²) in [7, 11) is 0. The lowest BCUT2D eigenvalue weighted by atomic mass is 10.2. The molecular formula is C14H14N2O3S. The first-order valence-corrected chi connectivity index (χ1v) is 7.19. The number of likely N-dealkylation sites (tertiary alicyclic amines) is 1. The number of amides is 1. The van der Waals surface area contributed by atoms with Crippen molar-refractivity contribution < 1.29 is 15.0 Å². The van der Waals surface area contributed by atoms with Crippen molar-refractivity contribution in [2.24, 2.45) is 4.99 Å². The number of carbonyl (C=O) groups is 1. The Morgan fingerprint density at radius 1 is 1.40 bits per heavy atom. The van der Waals surface area contributed by atoms with Crippen molar-refractivity contribution in [1.29, 1.82) is 0 Å². The highest BCUT2D eigenvalue weighted by Gasteiger charge is 2.30. The van der Waals surface area contributed by atoms with Gasteiger partial charge in [0.2, 0.25) is 0 Å². The van der Waals surface area contributed by atoms with Crippen LogP contribution < -0.4 is 0 Å². The molecule has 0 bridgehead atoms. The quantitative estimate of drug-likeness (QED) is 0.765. The fourth-order valence-corrected chi connectivity index (χ4v) is 3.14. The van der Waals surface area contributed by atoms with Gasteiger partial charge in [-0.2, -0.15) is 4.99 Å². The van der Waals surface area contributed by atoms with Gasteiger partial charge in [-0.25, -0.2) is 0 Å². The molecule has 2 heterocycles. The molecule has 0 spiro atoms. The van der Waals surface area contributed by atoms with Gasteiger partial charge in [0.15, 0.2) is 5.17 Å². The van der Waals surface area contributed by atoms with Gasteiger partial charge < -0.3 is 15.1 Å². The monoisotopic (exact) mass is 290 g/mol. The normalized spacial score (nSPS) is 24.6. The van der Waals surface area contributed by atoms with E-state index in [0.29, 0.717) is 35.1 Å². The summed E-state index contributed by atoms with van der Waals surface area (Å²) in [5.74, 6) is -0.159. The van der Waals surface area contributed by atoms with Crippen molar-refractivity contribution in [3.8, 4) is 5.75 Å². The number of aromatic hydroxyl groups is 1. The van der Waals surface area contributed by atoms with Crippen LogP contribution in [0.25, 0.3) is 6.08 Å². The molecule has 0 saturated carbocycles. The lowest BCUT2D eigenvalue weighted by Crippen LogP contribution is -2.26. The molecular weight excluding hydrogens is 276 g/mol. The lowest BCUT2D eigenvalue weighted by molar-refractivity contribution is -0.113. The molecule has 1 fully saturated rings. The number of phenols is 1. The van der Waals surface area contributed by atoms with Crippen molar-refractivity contribution in [2.45, 2.75) is 12.5 Å². The average molecular weight is 290 g/mol. The molecule has 0 aromatic heterocycles. The zero-order valence-electron chi connectivity index (χ0n) is 10.7. The van der Waals surface area contributed by atoms with E-state index in [9.17, 15) is 15.0 Å². The fourth-order valence-electron chi connectivity index (χ4n) is 2.20. The van der Waals surface area contributed by atoms with E-state index in [2.05, 4.69) is 4.99 Å². The smallest absolute Gasteiger partial charge is 0.286 e. The highest BCUT2D eigenvalue weighted by Crippen LogP contribution is 2.33. The number of aliphatic imine (C=N–C) groups is 1. The molecule has 104 valence electrons. The minimum atomic E-state index is -0.348. The minimum Gasteiger partial charge on any atom is -0.507 e. The molecule has 0 aliphatic carbocycles. The Morgan fingerprint density at radius 3 is 2.90 bits per heavy atom. The van der Waals surface area contributed by atoms with Gasteiger partial charge in [-0.3, -0.25) is 4.79 Å². The van der Waals surface area contributed by atoms with Crippen LogP contribution in [0, 0.1) is 0 Å². The fraction of sp³-hybridized carbons (Fsp3) is 0.286. The summed E-state index contributed by atoms with van der Waals surface area (Å²) in [5, 5.41) is 19.9. The van der Waals surface area contributed by atoms with Crippen LogP contribution in [-0.4, -0.2) is 45.4 Å². The number of hydrogen-bond acceptors (Lipinski definition) is 5. The zero-order valence-corrected chi connectivity index (χ0v) is 11.5. The summed E-state index contributed by atoms with van der Waals surface area (Å²) in [4.78, 5) is 18.3. The maximum Gasteiger partial charge on any atom is 0.286 e. The maximum atomic E-state index is 11.9. The van der Waals surface area contributed by atoms with Crippen LogP contribution in [0.4, 0.5) is 0 Å². The number of hydrogen-bond donors (Lipinski definition) is 2. The minimum absolute atomic E-state index is 0.137. The van der Waals surface area contributed by atoms with Gasteiger partial charge in [0, 0.05) is 18.7 Å². The topological polar surface area (TPSA) is 73.1 Å². The third-order valence-corrected chi connectivity index (χ3v) is 4.31. The number of thioether (sulfide) groups is 1. The summed E-state index contributed by atoms with van der Waals surface area (Å²) < 4.78 is 0. The van der Waals surface area contributed by atoms with Crippen LogP contribution in [-0.2, 0) is 4.79 Å². The van der Waals surface area contributed by atoms with Gasteiger partial charge in [-0.1, -0.05) is 18.2 Å². The van der Waals surface area contributed by atoms with E-state index < -0.39 is 0 Å². The molecule has 20 heavy (non-hydrogen) atoms. The molecule has 5 nitrogen and oxygen atoms in total. The second-order valence-corrected chi connectivity index (χ2v) is 5.77. The van der Waals surface area contributed by atoms with Crippen LogP contribution in [0.5, 0.6) is 5.75 Å². The number of β-amino-alcohol motifs (C(OH)–C–C–N with tert-alkyl or cyclic N) is 1. The summed E-state index contributed by atoms with van der Waals surface area (Å²) in [6.07, 6.45) is 2.00. The third kappa shape index (κ3) is 2.57. The van der Waals surface area contributed by atoms with Gasteiger partial charge in [0.1, 0.15) is 5.75 Å². The summed E-state index contributed by atoms with van der Waals surface area (Å²) in [6.45, 7) is 1.23. The summed E-state index contributed by atoms with van der Waals surface area (Å²) in [6, 6.07) is 6.85. The largest absolute Gasteiger partial charge is 0.507 e. The van der Waals surface area contributed by atoms with E-state index in [-0.39, 0.29) is 17.8 Å². The van der Waals surface area contributed by atoms with Crippen LogP contribution in [0.1, 0.15) is 12.0 Å². The molecule has 1 atom stereocenters. The first-order chi connectivity index (χ1) is 9.63. The second kappa shape index (κ2) is 5.30. The molecule has 1 aromatic rings. The predicted molar refractivity (Wildman–Crippen MR) is 78.3 cm³/mol. The molecule has 2 aliphatic heterocycles. The molecule has 2 aliphatic rings. The molecule has 3 rings (SSSR count). The number of aliphatic hydroxyl groups excluding tert-OH is 1. The van der Waals surface area contributed by atoms with E-state index in [4.69, 9.17) is 0 Å². The van der Waals surface area contributed by atoms with Crippen molar-refractivity contribution in [2.75, 3.05) is 13.1 Å². The molecule has 2 N–H and O–H groups in total. The van der Waals surface area contributed by atoms with Crippen molar-refractivity contribution in [3.63, 3.8) is 0 Å². The van der Waals surface area contributed by atoms with Crippen LogP contribution in [0.3, 0.4) is 0 Å². The van der Waals surface area contributed by atoms with Crippen molar-refractivity contribution in [1.82, 2.24) is 4.90 Å². The van der Waals surface area contributed by atoms with Crippen molar-refractivity contribution >= 4 is 28.9 Å². The SMILES string of the molecule is O=C1N=C(N2CC[C@H](O)C2)S/C1=C\c1ccccc1O. The molecule has 1 amide bonds. The molecule has 0 unspecified atom stereocenters. The third-order valence-electron chi connectivity index (χ3n) is 3.27. The Labute approximate surface area is 120 Å². The highest BCUT2D eigenvalue weighted by molar-refractivity contribution is 8.18. The Bertz CT molecular complexity index is 612. The second-order valence-electron chi connectivity index (χ2n) is 4.76. The van der Waals surface area contributed by atoms with E-state index in [1.54, 1.807) is 30.3 Å². The van der Waals surface area contributed by atoms with Gasteiger partial charge in [0.25, 0.3) is 5.91 Å². The zero-order chi connectivity index (χ0) is 14.1. The number of amidine groups is 1. The maximum absolute atomic E-state index is 11.9. The van der Waals surface area contributed by atoms with E-state index >= 15 is 0 Å². The summed E-state index contributed by atoms with van der Waals surface area (Å²) >= 11 is 1.29. The van der Waals surface area contributed by atoms with Crippen LogP contribution in [0.15, 0.2) is 34.2 Å². The van der Waals surface area contributed by atoms with E-state index in [1.165, 1.54) is 11.8 Å². The Hall–Kier alpha value is -1.79. The molecule has 6 heteroatoms. The van der Waals surface area contributed by atoms with E-state index in [1.807, 2.05) is 4.90 Å². The average Bonchev–Trinajstić information content (AvgIpc) is 2.99. The number of aliphatic hydroxyl groups is 1. The van der Waals surface area contributed by atoms with Crippen LogP contribution >= 0.6 is 11.8 Å². The Morgan fingerprint density at radius 2 is 2.20 bits per heavy atom. The number of rotatable bonds is 1. The van der Waals surface area contributed by atoms with Crippen LogP contribution in [0.2, 0.25) is 0 Å². The number of phenolic OH excluding ortho intramolecular Hbond substituents is 1. The standard InChI is InChI=1S/C14H14N2O3S/c17-10-5-6-16(8-10)14-15-13(19)12(20-14)7-9-3-1-2-4-11(9)18/h1-4,7,10,17-18H,5-6,8H2/b12-7-/t10-/m0/s1. The van der Waals surface area contributed by atoms with E-state index in [0.717, 1.165) is 0 Å². The van der Waals surface area contributed by atoms with Gasteiger partial charge in [-0.05, 0) is 30.3 Å². The van der Waals surface area contributed by atoms with Crippen molar-refractivity contribution in [3.05, 3.63) is 34.7 Å². The molecule has 0 radical (unpaired) electrons. The highest BCUT2D eigenvalue weighted by atomic mass is 32.2. The number of benzene rings is 1. The summed E-state index contributed by atoms with van der Waals surface area (Å²) in [5.41, 5.74) is 0.598. The predicted octanol–water partition coefficient (Wildman–Crippen LogP) is 1.43. The first-order valence-electron chi connectivity index (χ1n) is 6.37. The number of nitrogens with zero attached hydrogens (tertiary/aromatic N) is 2. The number of carbonyl (C=O) groups excluding carboxylic acids is 1. The first kappa shape index (κ1) is 13.2. The molecule has 1 saturated heterocycles. The molecule has 1 aromatic carbocycles. The Kier molecular flexibility index (Phi) is 3.50.